The van der Waals surface area contributed by atoms with Crippen LogP contribution in [0.15, 0.2) is 48.6 Å². The van der Waals surface area contributed by atoms with Gasteiger partial charge >= 0.3 is 21.5 Å². The number of rotatable bonds is 5. The molecule has 0 aliphatic heterocycles. The molecule has 2 aromatic rings. The number of esters is 1. The minimum absolute atomic E-state index is 0.200. The molecule has 0 fully saturated rings. The zero-order valence-electron chi connectivity index (χ0n) is 14.0. The van der Waals surface area contributed by atoms with Crippen molar-refractivity contribution in [1.82, 2.24) is 4.72 Å². The summed E-state index contributed by atoms with van der Waals surface area (Å²) in [6.07, 6.45) is -0.582. The van der Waals surface area contributed by atoms with E-state index in [0.717, 1.165) is 10.1 Å². The monoisotopic (exact) mass is 401 g/mol. The van der Waals surface area contributed by atoms with Gasteiger partial charge in [-0.3, -0.25) is 4.79 Å². The predicted molar refractivity (Wildman–Crippen MR) is 91.2 cm³/mol. The van der Waals surface area contributed by atoms with Gasteiger partial charge in [0.1, 0.15) is 5.75 Å². The van der Waals surface area contributed by atoms with E-state index in [1.807, 2.05) is 0 Å². The van der Waals surface area contributed by atoms with Crippen LogP contribution in [0, 0.1) is 0 Å². The Morgan fingerprint density at radius 3 is 2.33 bits per heavy atom. The van der Waals surface area contributed by atoms with E-state index in [4.69, 9.17) is 4.74 Å². The molecule has 1 amide bonds. The summed E-state index contributed by atoms with van der Waals surface area (Å²) in [7, 11) is -5.75. The van der Waals surface area contributed by atoms with Crippen LogP contribution in [0.5, 0.6) is 5.75 Å². The summed E-state index contributed by atoms with van der Waals surface area (Å²) in [5.74, 6) is -1.73. The molecule has 0 unspecified atom stereocenters. The number of benzene rings is 2. The minimum Gasteiger partial charge on any atom is -0.423 e. The third kappa shape index (κ3) is 5.07. The SMILES string of the molecule is C=C(C)C(=O)Oc1ccc2ccc(CC(=O)NS(=O)(=O)C(F)(F)F)cc2c1. The van der Waals surface area contributed by atoms with Crippen molar-refractivity contribution < 1.29 is 35.9 Å². The van der Waals surface area contributed by atoms with Crippen LogP contribution in [0.25, 0.3) is 10.8 Å². The Bertz CT molecular complexity index is 1030. The van der Waals surface area contributed by atoms with Crippen molar-refractivity contribution in [2.45, 2.75) is 18.9 Å². The lowest BCUT2D eigenvalue weighted by Crippen LogP contribution is -2.40. The maximum absolute atomic E-state index is 12.3. The first kappa shape index (κ1) is 20.4. The highest BCUT2D eigenvalue weighted by Crippen LogP contribution is 2.24. The Kier molecular flexibility index (Phi) is 5.59. The second-order valence-electron chi connectivity index (χ2n) is 5.66. The van der Waals surface area contributed by atoms with E-state index >= 15 is 0 Å². The van der Waals surface area contributed by atoms with E-state index in [2.05, 4.69) is 6.58 Å². The van der Waals surface area contributed by atoms with Gasteiger partial charge in [0.25, 0.3) is 0 Å². The number of halogens is 3. The first-order valence-electron chi connectivity index (χ1n) is 7.41. The van der Waals surface area contributed by atoms with E-state index in [-0.39, 0.29) is 16.9 Å². The molecule has 6 nitrogen and oxygen atoms in total. The zero-order valence-corrected chi connectivity index (χ0v) is 14.8. The third-order valence-corrected chi connectivity index (χ3v) is 4.46. The lowest BCUT2D eigenvalue weighted by atomic mass is 10.0. The number of amides is 1. The van der Waals surface area contributed by atoms with Crippen LogP contribution in [0.4, 0.5) is 13.2 Å². The van der Waals surface area contributed by atoms with Crippen LogP contribution in [-0.4, -0.2) is 25.8 Å². The molecule has 0 radical (unpaired) electrons. The van der Waals surface area contributed by atoms with E-state index in [1.165, 1.54) is 25.1 Å². The molecule has 1 N–H and O–H groups in total. The maximum atomic E-state index is 12.3. The molecule has 0 bridgehead atoms. The van der Waals surface area contributed by atoms with Gasteiger partial charge < -0.3 is 4.74 Å². The van der Waals surface area contributed by atoms with Crippen molar-refractivity contribution in [3.63, 3.8) is 0 Å². The highest BCUT2D eigenvalue weighted by Gasteiger charge is 2.46. The first-order chi connectivity index (χ1) is 12.4. The molecule has 0 aromatic heterocycles. The fourth-order valence-electron chi connectivity index (χ4n) is 2.07. The summed E-state index contributed by atoms with van der Waals surface area (Å²) >= 11 is 0. The Hall–Kier alpha value is -2.88. The van der Waals surface area contributed by atoms with Gasteiger partial charge in [-0.25, -0.2) is 9.52 Å². The molecule has 10 heteroatoms. The smallest absolute Gasteiger partial charge is 0.423 e. The average Bonchev–Trinajstić information content (AvgIpc) is 2.52. The number of fused-ring (bicyclic) bond motifs is 1. The zero-order chi connectivity index (χ0) is 20.4. The van der Waals surface area contributed by atoms with Crippen LogP contribution >= 0.6 is 0 Å². The molecule has 2 aromatic carbocycles. The molecule has 0 aliphatic carbocycles. The van der Waals surface area contributed by atoms with Crippen molar-refractivity contribution in [2.24, 2.45) is 0 Å². The molecule has 0 saturated heterocycles. The number of carbonyl (C=O) groups is 2. The number of carbonyl (C=O) groups excluding carboxylic acids is 2. The number of alkyl halides is 3. The standard InChI is InChI=1S/C17H14F3NO5S/c1-10(2)16(23)26-14-6-5-12-4-3-11(7-13(12)9-14)8-15(22)21-27(24,25)17(18,19)20/h3-7,9H,1,8H2,2H3,(H,21,22). The fraction of sp³-hybridized carbons (Fsp3) is 0.176. The fourth-order valence-corrected chi connectivity index (χ4v) is 2.56. The summed E-state index contributed by atoms with van der Waals surface area (Å²) in [5, 5.41) is 1.27. The Labute approximate surface area is 152 Å². The van der Waals surface area contributed by atoms with Gasteiger partial charge in [0.15, 0.2) is 0 Å². The highest BCUT2D eigenvalue weighted by atomic mass is 32.2. The predicted octanol–water partition coefficient (Wildman–Crippen LogP) is 2.83. The molecule has 0 atom stereocenters. The van der Waals surface area contributed by atoms with E-state index in [1.54, 1.807) is 18.2 Å². The molecule has 2 rings (SSSR count). The molecule has 0 aliphatic rings. The van der Waals surface area contributed by atoms with Crippen LogP contribution < -0.4 is 9.46 Å². The lowest BCUT2D eigenvalue weighted by molar-refractivity contribution is -0.130. The van der Waals surface area contributed by atoms with Gasteiger partial charge in [-0.15, -0.1) is 0 Å². The molecule has 144 valence electrons. The second-order valence-corrected chi connectivity index (χ2v) is 7.34. The third-order valence-electron chi connectivity index (χ3n) is 3.35. The number of ether oxygens (including phenoxy) is 1. The largest absolute Gasteiger partial charge is 0.516 e. The van der Waals surface area contributed by atoms with Gasteiger partial charge in [0, 0.05) is 5.57 Å². The summed E-state index contributed by atoms with van der Waals surface area (Å²) < 4.78 is 64.9. The number of hydrogen-bond donors (Lipinski definition) is 1. The van der Waals surface area contributed by atoms with Gasteiger partial charge in [-0.1, -0.05) is 30.8 Å². The average molecular weight is 401 g/mol. The van der Waals surface area contributed by atoms with Crippen LogP contribution in [0.3, 0.4) is 0 Å². The van der Waals surface area contributed by atoms with Gasteiger partial charge in [0.05, 0.1) is 6.42 Å². The number of hydrogen-bond acceptors (Lipinski definition) is 5. The first-order valence-corrected chi connectivity index (χ1v) is 8.89. The number of sulfonamides is 1. The molecular formula is C17H14F3NO5S. The Morgan fingerprint density at radius 2 is 1.74 bits per heavy atom. The van der Waals surface area contributed by atoms with Crippen molar-refractivity contribution in [2.75, 3.05) is 0 Å². The van der Waals surface area contributed by atoms with Crippen molar-refractivity contribution in [3.05, 3.63) is 54.1 Å². The minimum atomic E-state index is -5.75. The highest BCUT2D eigenvalue weighted by molar-refractivity contribution is 7.90. The normalized spacial score (nSPS) is 11.9. The Morgan fingerprint density at radius 1 is 1.11 bits per heavy atom. The molecule has 0 heterocycles. The van der Waals surface area contributed by atoms with Gasteiger partial charge in [-0.2, -0.15) is 21.6 Å². The van der Waals surface area contributed by atoms with E-state index in [0.29, 0.717) is 5.39 Å². The summed E-state index contributed by atoms with van der Waals surface area (Å²) in [5.41, 5.74) is -5.10. The summed E-state index contributed by atoms with van der Waals surface area (Å²) in [4.78, 5) is 23.2. The number of nitrogens with one attached hydrogen (secondary N) is 1. The van der Waals surface area contributed by atoms with Gasteiger partial charge in [-0.05, 0) is 35.4 Å². The summed E-state index contributed by atoms with van der Waals surface area (Å²) in [6.45, 7) is 4.94. The van der Waals surface area contributed by atoms with Crippen molar-refractivity contribution >= 4 is 32.7 Å². The maximum Gasteiger partial charge on any atom is 0.516 e. The molecular weight excluding hydrogens is 387 g/mol. The van der Waals surface area contributed by atoms with Crippen LogP contribution in [0.2, 0.25) is 0 Å². The van der Waals surface area contributed by atoms with Crippen molar-refractivity contribution in [3.8, 4) is 5.75 Å². The topological polar surface area (TPSA) is 89.5 Å². The lowest BCUT2D eigenvalue weighted by Gasteiger charge is -2.10. The van der Waals surface area contributed by atoms with Crippen LogP contribution in [-0.2, 0) is 26.0 Å². The summed E-state index contributed by atoms with van der Waals surface area (Å²) in [6, 6.07) is 9.25. The Balaban J connectivity index is 2.21. The van der Waals surface area contributed by atoms with E-state index < -0.39 is 33.8 Å². The van der Waals surface area contributed by atoms with E-state index in [9.17, 15) is 31.2 Å². The van der Waals surface area contributed by atoms with Gasteiger partial charge in [0.2, 0.25) is 5.91 Å². The van der Waals surface area contributed by atoms with Crippen molar-refractivity contribution in [1.29, 1.82) is 0 Å². The molecule has 0 spiro atoms. The second kappa shape index (κ2) is 7.39. The molecule has 27 heavy (non-hydrogen) atoms. The quantitative estimate of drug-likeness (QED) is 0.473. The molecule has 0 saturated carbocycles. The van der Waals surface area contributed by atoms with Crippen LogP contribution in [0.1, 0.15) is 12.5 Å².